The Morgan fingerprint density at radius 2 is 2.53 bits per heavy atom. The van der Waals surface area contributed by atoms with Crippen molar-refractivity contribution in [2.24, 2.45) is 5.73 Å². The van der Waals surface area contributed by atoms with Gasteiger partial charge in [-0.3, -0.25) is 10.1 Å². The molecule has 0 saturated heterocycles. The topological polar surface area (TPSA) is 106 Å². The first kappa shape index (κ1) is 15.7. The molecule has 0 aliphatic heterocycles. The summed E-state index contributed by atoms with van der Waals surface area (Å²) in [5.41, 5.74) is 6.52. The summed E-state index contributed by atoms with van der Waals surface area (Å²) < 4.78 is 0. The minimum Gasteiger partial charge on any atom is -0.370 e. The van der Waals surface area contributed by atoms with Gasteiger partial charge < -0.3 is 16.4 Å². The molecule has 0 aliphatic carbocycles. The lowest BCUT2D eigenvalue weighted by Gasteiger charge is -2.06. The van der Waals surface area contributed by atoms with Crippen molar-refractivity contribution in [2.45, 2.75) is 12.3 Å². The van der Waals surface area contributed by atoms with E-state index in [2.05, 4.69) is 15.6 Å². The van der Waals surface area contributed by atoms with Crippen molar-refractivity contribution in [1.29, 1.82) is 0 Å². The first-order chi connectivity index (χ1) is 9.15. The molecule has 19 heavy (non-hydrogen) atoms. The minimum atomic E-state index is -0.490. The Morgan fingerprint density at radius 3 is 3.11 bits per heavy atom. The van der Waals surface area contributed by atoms with Crippen LogP contribution in [0, 0.1) is 10.1 Å². The molecule has 0 bridgehead atoms. The third kappa shape index (κ3) is 6.41. The fourth-order valence-corrected chi connectivity index (χ4v) is 2.78. The molecule has 1 aromatic heterocycles. The maximum absolute atomic E-state index is 10.3. The van der Waals surface area contributed by atoms with Crippen LogP contribution in [0.4, 0.5) is 0 Å². The van der Waals surface area contributed by atoms with E-state index in [1.165, 1.54) is 0 Å². The Morgan fingerprint density at radius 1 is 1.74 bits per heavy atom. The van der Waals surface area contributed by atoms with Crippen LogP contribution in [0.15, 0.2) is 17.4 Å². The molecule has 106 valence electrons. The van der Waals surface area contributed by atoms with Crippen molar-refractivity contribution in [3.63, 3.8) is 0 Å². The van der Waals surface area contributed by atoms with E-state index in [0.717, 1.165) is 28.4 Å². The van der Waals surface area contributed by atoms with Crippen molar-refractivity contribution in [1.82, 2.24) is 15.6 Å². The number of nitrogens with zero attached hydrogens (tertiary/aromatic N) is 2. The maximum atomic E-state index is 10.3. The van der Waals surface area contributed by atoms with Gasteiger partial charge in [0.15, 0.2) is 5.82 Å². The summed E-state index contributed by atoms with van der Waals surface area (Å²) in [4.78, 5) is 14.2. The van der Waals surface area contributed by atoms with Crippen molar-refractivity contribution < 1.29 is 4.92 Å². The molecule has 7 nitrogen and oxygen atoms in total. The molecular weight excluding hydrogens is 286 g/mol. The van der Waals surface area contributed by atoms with Crippen LogP contribution in [0.25, 0.3) is 0 Å². The third-order valence-electron chi connectivity index (χ3n) is 2.09. The quantitative estimate of drug-likeness (QED) is 0.350. The minimum absolute atomic E-state index is 0.407. The second-order valence-corrected chi connectivity index (χ2v) is 5.54. The highest BCUT2D eigenvalue weighted by Crippen LogP contribution is 2.15. The Hall–Kier alpha value is -1.32. The highest BCUT2D eigenvalue weighted by atomic mass is 32.2. The number of hydrogen-bond donors (Lipinski definition) is 3. The number of aromatic nitrogens is 1. The molecule has 0 fully saturated rings. The average molecular weight is 303 g/mol. The molecule has 0 saturated carbocycles. The zero-order valence-corrected chi connectivity index (χ0v) is 12.2. The number of thiazole rings is 1. The number of thioether (sulfide) groups is 1. The van der Waals surface area contributed by atoms with Crippen LogP contribution in [-0.4, -0.2) is 29.3 Å². The van der Waals surface area contributed by atoms with E-state index in [-0.39, 0.29) is 0 Å². The molecule has 4 N–H and O–H groups in total. The highest BCUT2D eigenvalue weighted by Gasteiger charge is 2.02. The summed E-state index contributed by atoms with van der Waals surface area (Å²) >= 11 is 3.29. The van der Waals surface area contributed by atoms with Gasteiger partial charge in [0.05, 0.1) is 10.6 Å². The summed E-state index contributed by atoms with van der Waals surface area (Å²) in [5, 5.41) is 18.9. The van der Waals surface area contributed by atoms with E-state index in [1.54, 1.807) is 30.1 Å². The van der Waals surface area contributed by atoms with Gasteiger partial charge in [0.2, 0.25) is 0 Å². The van der Waals surface area contributed by atoms with Gasteiger partial charge in [-0.2, -0.15) is 11.8 Å². The lowest BCUT2D eigenvalue weighted by atomic mass is 10.6. The first-order valence-electron chi connectivity index (χ1n) is 5.63. The van der Waals surface area contributed by atoms with Crippen LogP contribution in [0.5, 0.6) is 0 Å². The van der Waals surface area contributed by atoms with Gasteiger partial charge in [0.25, 0.3) is 6.20 Å². The fraction of sp³-hybridized carbons (Fsp3) is 0.500. The van der Waals surface area contributed by atoms with E-state index in [1.807, 2.05) is 5.38 Å². The Balaban J connectivity index is 2.18. The van der Waals surface area contributed by atoms with Crippen molar-refractivity contribution in [2.75, 3.05) is 19.3 Å². The number of rotatable bonds is 9. The lowest BCUT2D eigenvalue weighted by Crippen LogP contribution is -2.26. The molecule has 9 heteroatoms. The van der Waals surface area contributed by atoms with E-state index in [9.17, 15) is 10.1 Å². The highest BCUT2D eigenvalue weighted by molar-refractivity contribution is 7.98. The van der Waals surface area contributed by atoms with Gasteiger partial charge in [-0.25, -0.2) is 4.98 Å². The van der Waals surface area contributed by atoms with Gasteiger partial charge >= 0.3 is 0 Å². The smallest absolute Gasteiger partial charge is 0.274 e. The van der Waals surface area contributed by atoms with Crippen LogP contribution < -0.4 is 16.4 Å². The van der Waals surface area contributed by atoms with Crippen LogP contribution in [0.2, 0.25) is 0 Å². The van der Waals surface area contributed by atoms with Crippen LogP contribution >= 0.6 is 23.1 Å². The standard InChI is InChI=1S/C10H17N5O2S2/c1-12-9(5-15(16)17)13-2-3-18-6-8-7-19-10(4-11)14-8/h5,7,12-13H,2-4,6,11H2,1H3. The number of nitrogens with two attached hydrogens (primary N) is 1. The van der Waals surface area contributed by atoms with Crippen LogP contribution in [-0.2, 0) is 12.3 Å². The van der Waals surface area contributed by atoms with Gasteiger partial charge in [0, 0.05) is 37.0 Å². The van der Waals surface area contributed by atoms with Crippen LogP contribution in [0.3, 0.4) is 0 Å². The number of hydrogen-bond acceptors (Lipinski definition) is 8. The van der Waals surface area contributed by atoms with Crippen molar-refractivity contribution >= 4 is 23.1 Å². The van der Waals surface area contributed by atoms with Crippen molar-refractivity contribution in [3.05, 3.63) is 38.2 Å². The molecule has 0 atom stereocenters. The maximum Gasteiger partial charge on any atom is 0.274 e. The molecule has 1 rings (SSSR count). The Kier molecular flexibility index (Phi) is 7.23. The van der Waals surface area contributed by atoms with Gasteiger partial charge in [-0.05, 0) is 0 Å². The molecule has 0 aliphatic rings. The monoisotopic (exact) mass is 303 g/mol. The van der Waals surface area contributed by atoms with Gasteiger partial charge in [-0.1, -0.05) is 0 Å². The molecular formula is C10H17N5O2S2. The van der Waals surface area contributed by atoms with E-state index in [4.69, 9.17) is 5.73 Å². The van der Waals surface area contributed by atoms with E-state index < -0.39 is 4.92 Å². The number of nitrogens with one attached hydrogen (secondary N) is 2. The van der Waals surface area contributed by atoms with E-state index in [0.29, 0.717) is 18.9 Å². The van der Waals surface area contributed by atoms with Gasteiger partial charge in [0.1, 0.15) is 5.01 Å². The second kappa shape index (κ2) is 8.73. The Labute approximate surface area is 119 Å². The molecule has 0 radical (unpaired) electrons. The molecule has 0 spiro atoms. The fourth-order valence-electron chi connectivity index (χ4n) is 1.25. The molecule has 0 unspecified atom stereocenters. The zero-order chi connectivity index (χ0) is 14.1. The predicted molar refractivity (Wildman–Crippen MR) is 78.3 cm³/mol. The zero-order valence-electron chi connectivity index (χ0n) is 10.6. The summed E-state index contributed by atoms with van der Waals surface area (Å²) in [6.45, 7) is 1.13. The average Bonchev–Trinajstić information content (AvgIpc) is 2.84. The van der Waals surface area contributed by atoms with Crippen molar-refractivity contribution in [3.8, 4) is 0 Å². The third-order valence-corrected chi connectivity index (χ3v) is 4.00. The Bertz CT molecular complexity index is 435. The summed E-state index contributed by atoms with van der Waals surface area (Å²) in [6, 6.07) is 0. The van der Waals surface area contributed by atoms with Gasteiger partial charge in [-0.15, -0.1) is 11.3 Å². The molecule has 0 aromatic carbocycles. The SMILES string of the molecule is CNC(=C[N+](=O)[O-])NCCSCc1csc(CN)n1. The first-order valence-corrected chi connectivity index (χ1v) is 7.67. The number of nitro groups is 1. The lowest BCUT2D eigenvalue weighted by molar-refractivity contribution is -0.404. The largest absolute Gasteiger partial charge is 0.370 e. The molecule has 1 heterocycles. The predicted octanol–water partition coefficient (Wildman–Crippen LogP) is 0.720. The second-order valence-electron chi connectivity index (χ2n) is 3.49. The molecule has 1 aromatic rings. The summed E-state index contributed by atoms with van der Waals surface area (Å²) in [7, 11) is 1.64. The van der Waals surface area contributed by atoms with E-state index >= 15 is 0 Å². The van der Waals surface area contributed by atoms with Crippen LogP contribution in [0.1, 0.15) is 10.7 Å². The summed E-state index contributed by atoms with van der Waals surface area (Å²) in [5.74, 6) is 2.07. The summed E-state index contributed by atoms with van der Waals surface area (Å²) in [6.07, 6.45) is 0.915. The molecule has 0 amide bonds. The normalized spacial score (nSPS) is 11.4.